The minimum Gasteiger partial charge on any atom is -0.465 e. The fourth-order valence-electron chi connectivity index (χ4n) is 0.783. The molecular formula is C10H21NO2S. The maximum atomic E-state index is 11.1. The summed E-state index contributed by atoms with van der Waals surface area (Å²) in [6, 6.07) is 0. The second-order valence-corrected chi connectivity index (χ2v) is 4.46. The third-order valence-corrected chi connectivity index (χ3v) is 3.03. The summed E-state index contributed by atoms with van der Waals surface area (Å²) in [5.41, 5.74) is 5.46. The lowest BCUT2D eigenvalue weighted by Gasteiger charge is -2.07. The lowest BCUT2D eigenvalue weighted by molar-refractivity contribution is -0.140. The minimum absolute atomic E-state index is 0.104. The molecule has 84 valence electrons. The first kappa shape index (κ1) is 13.8. The third-order valence-electron chi connectivity index (χ3n) is 1.79. The summed E-state index contributed by atoms with van der Waals surface area (Å²) in [6.45, 7) is 5.39. The quantitative estimate of drug-likeness (QED) is 0.498. The van der Waals surface area contributed by atoms with E-state index in [1.165, 1.54) is 0 Å². The first-order chi connectivity index (χ1) is 6.70. The number of hydrogen-bond donors (Lipinski definition) is 1. The zero-order valence-electron chi connectivity index (χ0n) is 9.12. The molecule has 1 unspecified atom stereocenters. The molecule has 0 aromatic carbocycles. The summed E-state index contributed by atoms with van der Waals surface area (Å²) in [5, 5.41) is 0. The molecule has 0 heterocycles. The van der Waals surface area contributed by atoms with Crippen LogP contribution < -0.4 is 5.73 Å². The van der Waals surface area contributed by atoms with Crippen molar-refractivity contribution in [3.05, 3.63) is 0 Å². The molecule has 0 radical (unpaired) electrons. The van der Waals surface area contributed by atoms with Gasteiger partial charge in [-0.05, 0) is 24.6 Å². The Labute approximate surface area is 90.8 Å². The number of thioether (sulfide) groups is 1. The largest absolute Gasteiger partial charge is 0.465 e. The van der Waals surface area contributed by atoms with Crippen LogP contribution in [0.5, 0.6) is 0 Å². The number of hydrogen-bond acceptors (Lipinski definition) is 4. The van der Waals surface area contributed by atoms with Crippen molar-refractivity contribution in [3.8, 4) is 0 Å². The van der Waals surface area contributed by atoms with Gasteiger partial charge < -0.3 is 10.5 Å². The van der Waals surface area contributed by atoms with E-state index in [9.17, 15) is 4.79 Å². The Balaban J connectivity index is 3.26. The van der Waals surface area contributed by atoms with E-state index >= 15 is 0 Å². The summed E-state index contributed by atoms with van der Waals surface area (Å²) in [6.07, 6.45) is 2.01. The summed E-state index contributed by atoms with van der Waals surface area (Å²) >= 11 is 1.60. The fourth-order valence-corrected chi connectivity index (χ4v) is 1.69. The molecule has 0 saturated carbocycles. The van der Waals surface area contributed by atoms with Gasteiger partial charge in [-0.1, -0.05) is 20.3 Å². The predicted molar refractivity (Wildman–Crippen MR) is 61.4 cm³/mol. The van der Waals surface area contributed by atoms with Gasteiger partial charge in [-0.3, -0.25) is 4.79 Å². The van der Waals surface area contributed by atoms with Crippen molar-refractivity contribution in [2.24, 2.45) is 11.7 Å². The molecule has 0 aliphatic rings. The van der Waals surface area contributed by atoms with Gasteiger partial charge in [0.05, 0.1) is 12.4 Å². The third kappa shape index (κ3) is 8.38. The Morgan fingerprint density at radius 3 is 2.86 bits per heavy atom. The summed E-state index contributed by atoms with van der Waals surface area (Å²) in [7, 11) is 0. The Morgan fingerprint density at radius 1 is 1.57 bits per heavy atom. The number of carbonyl (C=O) groups excluding carboxylic acids is 1. The molecule has 0 aromatic heterocycles. The predicted octanol–water partition coefficient (Wildman–Crippen LogP) is 1.66. The molecule has 3 nitrogen and oxygen atoms in total. The lowest BCUT2D eigenvalue weighted by atomic mass is 10.2. The van der Waals surface area contributed by atoms with Crippen LogP contribution in [-0.4, -0.2) is 30.6 Å². The number of unbranched alkanes of at least 4 members (excludes halogenated alkanes) is 1. The average Bonchev–Trinajstić information content (AvgIpc) is 2.18. The zero-order chi connectivity index (χ0) is 10.8. The maximum Gasteiger partial charge on any atom is 0.315 e. The van der Waals surface area contributed by atoms with Gasteiger partial charge >= 0.3 is 5.97 Å². The first-order valence-corrected chi connectivity index (χ1v) is 6.29. The van der Waals surface area contributed by atoms with Crippen LogP contribution in [0.4, 0.5) is 0 Å². The molecule has 0 aliphatic heterocycles. The van der Waals surface area contributed by atoms with Crippen LogP contribution in [0, 0.1) is 5.92 Å². The molecule has 0 spiro atoms. The summed E-state index contributed by atoms with van der Waals surface area (Å²) < 4.78 is 5.01. The first-order valence-electron chi connectivity index (χ1n) is 5.14. The molecule has 0 bridgehead atoms. The average molecular weight is 219 g/mol. The van der Waals surface area contributed by atoms with E-state index in [-0.39, 0.29) is 5.97 Å². The van der Waals surface area contributed by atoms with Gasteiger partial charge in [0.15, 0.2) is 0 Å². The van der Waals surface area contributed by atoms with Crippen molar-refractivity contribution in [3.63, 3.8) is 0 Å². The highest BCUT2D eigenvalue weighted by molar-refractivity contribution is 7.99. The Bertz CT molecular complexity index is 153. The normalized spacial score (nSPS) is 12.5. The van der Waals surface area contributed by atoms with Gasteiger partial charge in [-0.2, -0.15) is 0 Å². The van der Waals surface area contributed by atoms with Crippen molar-refractivity contribution in [2.45, 2.75) is 26.7 Å². The van der Waals surface area contributed by atoms with Crippen LogP contribution >= 0.6 is 11.8 Å². The van der Waals surface area contributed by atoms with Gasteiger partial charge in [0.2, 0.25) is 0 Å². The molecule has 4 heteroatoms. The van der Waals surface area contributed by atoms with E-state index in [2.05, 4.69) is 13.8 Å². The molecule has 0 aliphatic carbocycles. The Kier molecular flexibility index (Phi) is 9.19. The van der Waals surface area contributed by atoms with Crippen molar-refractivity contribution in [1.82, 2.24) is 0 Å². The molecule has 0 aromatic rings. The number of carbonyl (C=O) groups is 1. The Hall–Kier alpha value is -0.220. The van der Waals surface area contributed by atoms with E-state index in [0.29, 0.717) is 24.8 Å². The van der Waals surface area contributed by atoms with Crippen molar-refractivity contribution in [1.29, 1.82) is 0 Å². The van der Waals surface area contributed by atoms with Crippen LogP contribution in [0.3, 0.4) is 0 Å². The SMILES string of the molecule is CCCCOC(=O)CSCC(C)CN. The van der Waals surface area contributed by atoms with Gasteiger partial charge in [-0.15, -0.1) is 11.8 Å². The topological polar surface area (TPSA) is 52.3 Å². The van der Waals surface area contributed by atoms with Gasteiger partial charge in [0.25, 0.3) is 0 Å². The highest BCUT2D eigenvalue weighted by Gasteiger charge is 2.04. The molecule has 0 rings (SSSR count). The van der Waals surface area contributed by atoms with Crippen LogP contribution in [0.25, 0.3) is 0 Å². The second kappa shape index (κ2) is 9.34. The van der Waals surface area contributed by atoms with Crippen molar-refractivity contribution < 1.29 is 9.53 Å². The minimum atomic E-state index is -0.104. The van der Waals surface area contributed by atoms with Crippen LogP contribution in [0.1, 0.15) is 26.7 Å². The van der Waals surface area contributed by atoms with Crippen molar-refractivity contribution in [2.75, 3.05) is 24.7 Å². The number of rotatable bonds is 8. The number of esters is 1. The van der Waals surface area contributed by atoms with E-state index in [0.717, 1.165) is 18.6 Å². The van der Waals surface area contributed by atoms with Crippen LogP contribution in [-0.2, 0) is 9.53 Å². The van der Waals surface area contributed by atoms with Crippen LogP contribution in [0.15, 0.2) is 0 Å². The standard InChI is InChI=1S/C10H21NO2S/c1-3-4-5-13-10(12)8-14-7-9(2)6-11/h9H,3-8,11H2,1-2H3. The molecule has 1 atom stereocenters. The van der Waals surface area contributed by atoms with Gasteiger partial charge in [0.1, 0.15) is 0 Å². The Morgan fingerprint density at radius 2 is 2.29 bits per heavy atom. The van der Waals surface area contributed by atoms with E-state index in [1.807, 2.05) is 0 Å². The molecular weight excluding hydrogens is 198 g/mol. The van der Waals surface area contributed by atoms with E-state index in [1.54, 1.807) is 11.8 Å². The van der Waals surface area contributed by atoms with E-state index in [4.69, 9.17) is 10.5 Å². The highest BCUT2D eigenvalue weighted by atomic mass is 32.2. The lowest BCUT2D eigenvalue weighted by Crippen LogP contribution is -2.15. The monoisotopic (exact) mass is 219 g/mol. The molecule has 14 heavy (non-hydrogen) atoms. The molecule has 0 fully saturated rings. The maximum absolute atomic E-state index is 11.1. The fraction of sp³-hybridized carbons (Fsp3) is 0.900. The molecule has 2 N–H and O–H groups in total. The van der Waals surface area contributed by atoms with Crippen molar-refractivity contribution >= 4 is 17.7 Å². The van der Waals surface area contributed by atoms with Crippen LogP contribution in [0.2, 0.25) is 0 Å². The smallest absolute Gasteiger partial charge is 0.315 e. The molecule has 0 amide bonds. The molecule has 0 saturated heterocycles. The second-order valence-electron chi connectivity index (χ2n) is 3.43. The number of nitrogens with two attached hydrogens (primary N) is 1. The zero-order valence-corrected chi connectivity index (χ0v) is 9.94. The summed E-state index contributed by atoms with van der Waals surface area (Å²) in [4.78, 5) is 11.1. The van der Waals surface area contributed by atoms with E-state index < -0.39 is 0 Å². The van der Waals surface area contributed by atoms with Gasteiger partial charge in [-0.25, -0.2) is 0 Å². The highest BCUT2D eigenvalue weighted by Crippen LogP contribution is 2.07. The van der Waals surface area contributed by atoms with Gasteiger partial charge in [0, 0.05) is 0 Å². The number of ether oxygens (including phenoxy) is 1. The summed E-state index contributed by atoms with van der Waals surface area (Å²) in [5.74, 6) is 1.75.